The van der Waals surface area contributed by atoms with Crippen molar-refractivity contribution in [3.63, 3.8) is 0 Å². The molecule has 0 aromatic carbocycles. The van der Waals surface area contributed by atoms with Gasteiger partial charge in [-0.1, -0.05) is 0 Å². The van der Waals surface area contributed by atoms with Crippen molar-refractivity contribution >= 4 is 16.1 Å². The zero-order valence-corrected chi connectivity index (χ0v) is 4.83. The van der Waals surface area contributed by atoms with E-state index in [1.807, 2.05) is 0 Å². The molecule has 0 aromatic heterocycles. The van der Waals surface area contributed by atoms with Crippen molar-refractivity contribution in [3.8, 4) is 0 Å². The third kappa shape index (κ3) is 0.917. The molecule has 1 unspecified atom stereocenters. The second kappa shape index (κ2) is 1.81. The molecule has 1 rings (SSSR count). The van der Waals surface area contributed by atoms with Crippen molar-refractivity contribution in [2.24, 2.45) is 0 Å². The van der Waals surface area contributed by atoms with Gasteiger partial charge < -0.3 is 0 Å². The van der Waals surface area contributed by atoms with Gasteiger partial charge in [0.1, 0.15) is 0 Å². The zero-order valence-electron chi connectivity index (χ0n) is 2.73. The van der Waals surface area contributed by atoms with Crippen LogP contribution in [0.3, 0.4) is 0 Å². The molecule has 1 aliphatic rings. The van der Waals surface area contributed by atoms with Crippen molar-refractivity contribution < 1.29 is 8.76 Å². The van der Waals surface area contributed by atoms with Crippen LogP contribution in [-0.2, 0) is 8.76 Å². The Labute approximate surface area is 37.4 Å². The molecule has 1 saturated heterocycles. The summed E-state index contributed by atoms with van der Waals surface area (Å²) in [6.45, 7) is 0.833. The fraction of sp³-hybridized carbons (Fsp3) is 1.00. The molecular weight excluding hydrogens is 131 g/mol. The first-order valence-corrected chi connectivity index (χ1v) is 3.85. The van der Waals surface area contributed by atoms with E-state index in [0.717, 1.165) is 6.61 Å². The van der Waals surface area contributed by atoms with E-state index in [1.165, 1.54) is 5.21 Å². The monoisotopic (exact) mass is 136 g/mol. The summed E-state index contributed by atoms with van der Waals surface area (Å²) in [6, 6.07) is 0. The number of rotatable bonds is 0. The minimum absolute atomic E-state index is 0.0833. The summed E-state index contributed by atoms with van der Waals surface area (Å²) >= 11 is -0.0833. The van der Waals surface area contributed by atoms with Crippen LogP contribution in [0.2, 0.25) is 5.21 Å². The summed E-state index contributed by atoms with van der Waals surface area (Å²) < 4.78 is 4.57. The van der Waals surface area contributed by atoms with Gasteiger partial charge in [-0.15, -0.1) is 0 Å². The van der Waals surface area contributed by atoms with Gasteiger partial charge in [-0.05, 0) is 0 Å². The predicted molar refractivity (Wildman–Crippen MR) is 19.0 cm³/mol. The molecule has 30 valence electrons. The molecule has 0 saturated carbocycles. The molecule has 5 heavy (non-hydrogen) atoms. The van der Waals surface area contributed by atoms with Crippen molar-refractivity contribution in [1.82, 2.24) is 0 Å². The first-order chi connectivity index (χ1) is 2.50. The van der Waals surface area contributed by atoms with Crippen LogP contribution in [0.1, 0.15) is 0 Å². The molecule has 1 heterocycles. The maximum absolute atomic E-state index is 4.57. The molecule has 0 aliphatic carbocycles. The number of hydrogen-bond donors (Lipinski definition) is 0. The molecule has 0 aromatic rings. The average Bonchev–Trinajstić information content (AvgIpc) is 1.76. The Hall–Kier alpha value is 0.478. The van der Waals surface area contributed by atoms with Crippen LogP contribution in [0.4, 0.5) is 0 Å². The SMILES string of the molecule is C1C[AsH]OO1. The fourth-order valence-corrected chi connectivity index (χ4v) is 1.08. The molecule has 2 nitrogen and oxygen atoms in total. The summed E-state index contributed by atoms with van der Waals surface area (Å²) in [5, 5.41) is 1.18. The van der Waals surface area contributed by atoms with Gasteiger partial charge >= 0.3 is 36.7 Å². The van der Waals surface area contributed by atoms with Crippen LogP contribution in [0.15, 0.2) is 0 Å². The van der Waals surface area contributed by atoms with Crippen molar-refractivity contribution in [2.75, 3.05) is 6.61 Å². The molecule has 0 spiro atoms. The Kier molecular flexibility index (Phi) is 1.32. The normalized spacial score (nSPS) is 28.8. The van der Waals surface area contributed by atoms with Crippen LogP contribution in [0.25, 0.3) is 0 Å². The third-order valence-corrected chi connectivity index (χ3v) is 1.76. The Bertz CT molecular complexity index is 19.2. The Morgan fingerprint density at radius 1 is 1.60 bits per heavy atom. The molecule has 0 amide bonds. The van der Waals surface area contributed by atoms with Crippen LogP contribution < -0.4 is 0 Å². The van der Waals surface area contributed by atoms with Gasteiger partial charge in [-0.3, -0.25) is 0 Å². The van der Waals surface area contributed by atoms with Gasteiger partial charge in [0.2, 0.25) is 0 Å². The molecule has 1 fully saturated rings. The average molecular weight is 136 g/mol. The van der Waals surface area contributed by atoms with E-state index < -0.39 is 0 Å². The summed E-state index contributed by atoms with van der Waals surface area (Å²) in [6.07, 6.45) is 0. The van der Waals surface area contributed by atoms with E-state index >= 15 is 0 Å². The minimum atomic E-state index is -0.0833. The fourth-order valence-electron chi connectivity index (χ4n) is 0.208. The van der Waals surface area contributed by atoms with Gasteiger partial charge in [0, 0.05) is 0 Å². The van der Waals surface area contributed by atoms with Crippen LogP contribution in [-0.4, -0.2) is 22.7 Å². The summed E-state index contributed by atoms with van der Waals surface area (Å²) in [4.78, 5) is 4.50. The standard InChI is InChI=1S/C2H5AsO2/c1-2-4-5-3-1/h3H,1-2H2. The van der Waals surface area contributed by atoms with E-state index in [0.29, 0.717) is 0 Å². The first-order valence-electron chi connectivity index (χ1n) is 1.51. The quantitative estimate of drug-likeness (QED) is 0.336. The second-order valence-electron chi connectivity index (χ2n) is 0.800. The molecule has 3 heteroatoms. The third-order valence-electron chi connectivity index (χ3n) is 0.405. The summed E-state index contributed by atoms with van der Waals surface area (Å²) in [7, 11) is 0. The number of hydrogen-bond acceptors (Lipinski definition) is 2. The van der Waals surface area contributed by atoms with Gasteiger partial charge in [-0.2, -0.15) is 0 Å². The topological polar surface area (TPSA) is 18.5 Å². The van der Waals surface area contributed by atoms with Gasteiger partial charge in [0.05, 0.1) is 0 Å². The van der Waals surface area contributed by atoms with E-state index in [9.17, 15) is 0 Å². The van der Waals surface area contributed by atoms with E-state index in [-0.39, 0.29) is 16.1 Å². The van der Waals surface area contributed by atoms with E-state index in [1.54, 1.807) is 0 Å². The van der Waals surface area contributed by atoms with Crippen LogP contribution in [0, 0.1) is 0 Å². The van der Waals surface area contributed by atoms with Gasteiger partial charge in [-0.25, -0.2) is 0 Å². The molecule has 0 N–H and O–H groups in total. The molecule has 0 radical (unpaired) electrons. The van der Waals surface area contributed by atoms with Crippen LogP contribution >= 0.6 is 0 Å². The van der Waals surface area contributed by atoms with E-state index in [2.05, 4.69) is 8.76 Å². The molecule has 0 bridgehead atoms. The van der Waals surface area contributed by atoms with Gasteiger partial charge in [0.15, 0.2) is 0 Å². The van der Waals surface area contributed by atoms with Crippen LogP contribution in [0.5, 0.6) is 0 Å². The Balaban J connectivity index is 2.08. The van der Waals surface area contributed by atoms with Crippen molar-refractivity contribution in [3.05, 3.63) is 0 Å². The summed E-state index contributed by atoms with van der Waals surface area (Å²) in [5.74, 6) is 0. The first kappa shape index (κ1) is 3.66. The zero-order chi connectivity index (χ0) is 3.54. The van der Waals surface area contributed by atoms with Gasteiger partial charge in [0.25, 0.3) is 0 Å². The molecule has 1 atom stereocenters. The van der Waals surface area contributed by atoms with E-state index in [4.69, 9.17) is 0 Å². The molecular formula is C2H5AsO2. The summed E-state index contributed by atoms with van der Waals surface area (Å²) in [5.41, 5.74) is 0. The second-order valence-corrected chi connectivity index (χ2v) is 2.80. The Morgan fingerprint density at radius 2 is 2.60 bits per heavy atom. The Morgan fingerprint density at radius 3 is 2.80 bits per heavy atom. The maximum atomic E-state index is 4.57. The van der Waals surface area contributed by atoms with Crippen molar-refractivity contribution in [1.29, 1.82) is 0 Å². The predicted octanol–water partition coefficient (Wildman–Crippen LogP) is -0.282. The van der Waals surface area contributed by atoms with Crippen molar-refractivity contribution in [2.45, 2.75) is 5.21 Å². The molecule has 1 aliphatic heterocycles.